The Bertz CT molecular complexity index is 340. The van der Waals surface area contributed by atoms with Crippen molar-refractivity contribution in [2.75, 3.05) is 6.54 Å². The molecule has 1 rings (SSSR count). The van der Waals surface area contributed by atoms with Gasteiger partial charge in [0.15, 0.2) is 0 Å². The van der Waals surface area contributed by atoms with E-state index in [1.165, 1.54) is 0 Å². The Hall–Kier alpha value is -1.16. The maximum absolute atomic E-state index is 12.0. The molecule has 0 aliphatic rings. The molecule has 0 aliphatic heterocycles. The topological polar surface area (TPSA) is 35.2 Å². The van der Waals surface area contributed by atoms with Gasteiger partial charge in [0.2, 0.25) is 0 Å². The second-order valence-electron chi connectivity index (χ2n) is 4.56. The Labute approximate surface area is 107 Å². The third-order valence-corrected chi connectivity index (χ3v) is 3.22. The molecule has 0 radical (unpaired) electrons. The number of ether oxygens (including phenoxy) is 1. The number of hydrogen-bond donors (Lipinski definition) is 1. The van der Waals surface area contributed by atoms with Crippen LogP contribution in [-0.4, -0.2) is 13.2 Å². The lowest BCUT2D eigenvalue weighted by Crippen LogP contribution is -2.19. The second-order valence-corrected chi connectivity index (χ2v) is 4.56. The number of nitrogens with two attached hydrogens (primary N) is 1. The van der Waals surface area contributed by atoms with Gasteiger partial charge in [-0.25, -0.2) is 0 Å². The van der Waals surface area contributed by atoms with Crippen LogP contribution in [0.15, 0.2) is 24.3 Å². The molecule has 0 heterocycles. The van der Waals surface area contributed by atoms with Crippen LogP contribution in [-0.2, 0) is 0 Å². The zero-order valence-corrected chi connectivity index (χ0v) is 10.9. The van der Waals surface area contributed by atoms with Crippen LogP contribution in [0.3, 0.4) is 0 Å². The molecule has 2 nitrogen and oxygen atoms in total. The molecule has 0 saturated carbocycles. The molecule has 1 aromatic rings. The predicted molar refractivity (Wildman–Crippen MR) is 68.9 cm³/mol. The molecule has 0 amide bonds. The fourth-order valence-corrected chi connectivity index (χ4v) is 2.25. The molecule has 0 saturated heterocycles. The number of alkyl halides is 2. The van der Waals surface area contributed by atoms with Crippen LogP contribution in [0.1, 0.15) is 38.2 Å². The molecule has 0 bridgehead atoms. The average Bonchev–Trinajstić information content (AvgIpc) is 2.32. The number of hydrogen-bond acceptors (Lipinski definition) is 2. The predicted octanol–water partition coefficient (Wildman–Crippen LogP) is 3.77. The molecule has 0 fully saturated rings. The van der Waals surface area contributed by atoms with Gasteiger partial charge in [-0.3, -0.25) is 0 Å². The lowest BCUT2D eigenvalue weighted by Gasteiger charge is -2.22. The molecule has 4 heteroatoms. The van der Waals surface area contributed by atoms with Crippen LogP contribution in [0.5, 0.6) is 5.75 Å². The summed E-state index contributed by atoms with van der Waals surface area (Å²) in [4.78, 5) is 0. The van der Waals surface area contributed by atoms with Crippen LogP contribution in [0.25, 0.3) is 0 Å². The van der Waals surface area contributed by atoms with Crippen molar-refractivity contribution in [2.24, 2.45) is 11.7 Å². The summed E-state index contributed by atoms with van der Waals surface area (Å²) in [6, 6.07) is 6.79. The Kier molecular flexibility index (Phi) is 6.05. The van der Waals surface area contributed by atoms with E-state index in [0.29, 0.717) is 12.5 Å². The molecule has 18 heavy (non-hydrogen) atoms. The van der Waals surface area contributed by atoms with Crippen molar-refractivity contribution in [1.29, 1.82) is 0 Å². The van der Waals surface area contributed by atoms with Crippen molar-refractivity contribution < 1.29 is 13.5 Å². The summed E-state index contributed by atoms with van der Waals surface area (Å²) in [5.41, 5.74) is 6.89. The van der Waals surface area contributed by atoms with Crippen molar-refractivity contribution in [3.63, 3.8) is 0 Å². The quantitative estimate of drug-likeness (QED) is 0.807. The van der Waals surface area contributed by atoms with E-state index in [-0.39, 0.29) is 11.7 Å². The number of rotatable bonds is 7. The molecule has 2 unspecified atom stereocenters. The molecule has 1 aromatic carbocycles. The van der Waals surface area contributed by atoms with Crippen molar-refractivity contribution in [1.82, 2.24) is 0 Å². The molecule has 2 N–H and O–H groups in total. The van der Waals surface area contributed by atoms with Crippen molar-refractivity contribution >= 4 is 0 Å². The minimum absolute atomic E-state index is 0.188. The van der Waals surface area contributed by atoms with Gasteiger partial charge in [0.1, 0.15) is 5.75 Å². The highest BCUT2D eigenvalue weighted by atomic mass is 19.3. The first kappa shape index (κ1) is 14.9. The van der Waals surface area contributed by atoms with E-state index in [4.69, 9.17) is 5.73 Å². The number of halogens is 2. The fraction of sp³-hybridized carbons (Fsp3) is 0.571. The maximum Gasteiger partial charge on any atom is 0.387 e. The minimum Gasteiger partial charge on any atom is -0.435 e. The summed E-state index contributed by atoms with van der Waals surface area (Å²) in [5, 5.41) is 0. The smallest absolute Gasteiger partial charge is 0.387 e. The summed E-state index contributed by atoms with van der Waals surface area (Å²) < 4.78 is 28.4. The Balaban J connectivity index is 2.75. The van der Waals surface area contributed by atoms with Gasteiger partial charge in [-0.15, -0.1) is 0 Å². The van der Waals surface area contributed by atoms with E-state index < -0.39 is 6.61 Å². The van der Waals surface area contributed by atoms with Gasteiger partial charge in [-0.1, -0.05) is 38.8 Å². The first-order chi connectivity index (χ1) is 8.58. The van der Waals surface area contributed by atoms with Gasteiger partial charge < -0.3 is 10.5 Å². The Morgan fingerprint density at radius 2 is 1.83 bits per heavy atom. The zero-order valence-electron chi connectivity index (χ0n) is 10.9. The van der Waals surface area contributed by atoms with Crippen LogP contribution in [0, 0.1) is 5.92 Å². The van der Waals surface area contributed by atoms with Crippen molar-refractivity contribution in [3.8, 4) is 5.75 Å². The molecular formula is C14H21F2NO. The van der Waals surface area contributed by atoms with Crippen molar-refractivity contribution in [2.45, 2.75) is 39.2 Å². The van der Waals surface area contributed by atoms with Crippen LogP contribution in [0.4, 0.5) is 8.78 Å². The molecule has 0 aliphatic carbocycles. The zero-order chi connectivity index (χ0) is 13.5. The van der Waals surface area contributed by atoms with Gasteiger partial charge in [0, 0.05) is 0 Å². The first-order valence-electron chi connectivity index (χ1n) is 6.33. The van der Waals surface area contributed by atoms with Gasteiger partial charge in [-0.05, 0) is 36.1 Å². The Morgan fingerprint density at radius 1 is 1.22 bits per heavy atom. The van der Waals surface area contributed by atoms with Gasteiger partial charge in [-0.2, -0.15) is 8.78 Å². The van der Waals surface area contributed by atoms with Gasteiger partial charge in [0.25, 0.3) is 0 Å². The lowest BCUT2D eigenvalue weighted by molar-refractivity contribution is -0.0498. The fourth-order valence-electron chi connectivity index (χ4n) is 2.25. The normalized spacial score (nSPS) is 14.6. The van der Waals surface area contributed by atoms with Crippen LogP contribution < -0.4 is 10.5 Å². The summed E-state index contributed by atoms with van der Waals surface area (Å²) in [5.74, 6) is 0.945. The lowest BCUT2D eigenvalue weighted by atomic mass is 9.84. The van der Waals surface area contributed by atoms with E-state index in [0.717, 1.165) is 18.4 Å². The maximum atomic E-state index is 12.0. The monoisotopic (exact) mass is 257 g/mol. The first-order valence-corrected chi connectivity index (χ1v) is 6.33. The SMILES string of the molecule is CCCC(C)C(CN)c1ccc(OC(F)F)cc1. The molecule has 102 valence electrons. The van der Waals surface area contributed by atoms with Gasteiger partial charge >= 0.3 is 6.61 Å². The minimum atomic E-state index is -2.78. The second kappa shape index (κ2) is 7.31. The van der Waals surface area contributed by atoms with E-state index in [9.17, 15) is 8.78 Å². The van der Waals surface area contributed by atoms with Crippen molar-refractivity contribution in [3.05, 3.63) is 29.8 Å². The van der Waals surface area contributed by atoms with E-state index >= 15 is 0 Å². The highest BCUT2D eigenvalue weighted by Crippen LogP contribution is 2.28. The van der Waals surface area contributed by atoms with E-state index in [1.807, 2.05) is 12.1 Å². The van der Waals surface area contributed by atoms with Crippen LogP contribution in [0.2, 0.25) is 0 Å². The largest absolute Gasteiger partial charge is 0.435 e. The van der Waals surface area contributed by atoms with Crippen LogP contribution >= 0.6 is 0 Å². The molecule has 0 aromatic heterocycles. The summed E-state index contributed by atoms with van der Waals surface area (Å²) in [6.45, 7) is 2.10. The highest BCUT2D eigenvalue weighted by Gasteiger charge is 2.17. The molecule has 0 spiro atoms. The summed E-state index contributed by atoms with van der Waals surface area (Å²) >= 11 is 0. The molecule has 2 atom stereocenters. The Morgan fingerprint density at radius 3 is 2.28 bits per heavy atom. The van der Waals surface area contributed by atoms with E-state index in [1.54, 1.807) is 12.1 Å². The highest BCUT2D eigenvalue weighted by molar-refractivity contribution is 5.30. The van der Waals surface area contributed by atoms with E-state index in [2.05, 4.69) is 18.6 Å². The number of benzene rings is 1. The third kappa shape index (κ3) is 4.26. The summed E-state index contributed by atoms with van der Waals surface area (Å²) in [6.07, 6.45) is 2.22. The van der Waals surface area contributed by atoms with Gasteiger partial charge in [0.05, 0.1) is 0 Å². The third-order valence-electron chi connectivity index (χ3n) is 3.22. The molecular weight excluding hydrogens is 236 g/mol. The summed E-state index contributed by atoms with van der Waals surface area (Å²) in [7, 11) is 0. The standard InChI is InChI=1S/C14H21F2NO/c1-3-4-10(2)13(9-17)11-5-7-12(8-6-11)18-14(15)16/h5-8,10,13-14H,3-4,9,17H2,1-2H3. The average molecular weight is 257 g/mol.